The van der Waals surface area contributed by atoms with E-state index in [2.05, 4.69) is 10.6 Å². The van der Waals surface area contributed by atoms with Gasteiger partial charge in [0.1, 0.15) is 5.75 Å². The summed E-state index contributed by atoms with van der Waals surface area (Å²) in [5, 5.41) is 7.46. The van der Waals surface area contributed by atoms with Crippen molar-refractivity contribution in [3.63, 3.8) is 0 Å². The second-order valence-corrected chi connectivity index (χ2v) is 6.55. The van der Waals surface area contributed by atoms with Crippen LogP contribution in [0.15, 0.2) is 41.8 Å². The van der Waals surface area contributed by atoms with Crippen LogP contribution in [0.5, 0.6) is 5.75 Å². The number of ether oxygens (including phenoxy) is 1. The lowest BCUT2D eigenvalue weighted by molar-refractivity contribution is -0.122. The Bertz CT molecular complexity index is 686. The van der Waals surface area contributed by atoms with Gasteiger partial charge in [0.15, 0.2) is 0 Å². The highest BCUT2D eigenvalue weighted by Crippen LogP contribution is 2.23. The van der Waals surface area contributed by atoms with Crippen molar-refractivity contribution in [2.45, 2.75) is 32.4 Å². The van der Waals surface area contributed by atoms with E-state index >= 15 is 0 Å². The lowest BCUT2D eigenvalue weighted by Crippen LogP contribution is -2.36. The minimum atomic E-state index is -0.647. The topological polar surface area (TPSA) is 93.4 Å². The number of primary amides is 1. The summed E-state index contributed by atoms with van der Waals surface area (Å²) in [7, 11) is 0. The highest BCUT2D eigenvalue weighted by molar-refractivity contribution is 7.10. The van der Waals surface area contributed by atoms with Crippen LogP contribution in [0.25, 0.3) is 0 Å². The molecule has 2 rings (SSSR count). The van der Waals surface area contributed by atoms with Gasteiger partial charge in [-0.15, -0.1) is 11.3 Å². The molecule has 0 aliphatic rings. The summed E-state index contributed by atoms with van der Waals surface area (Å²) in [6, 6.07) is 10.1. The van der Waals surface area contributed by atoms with Gasteiger partial charge in [0, 0.05) is 4.88 Å². The molecule has 0 spiro atoms. The van der Waals surface area contributed by atoms with Crippen molar-refractivity contribution < 1.29 is 14.3 Å². The zero-order valence-electron chi connectivity index (χ0n) is 14.3. The second kappa shape index (κ2) is 9.08. The first-order valence-electron chi connectivity index (χ1n) is 8.11. The number of thiophene rings is 1. The van der Waals surface area contributed by atoms with E-state index in [0.717, 1.165) is 16.2 Å². The maximum atomic E-state index is 12.4. The van der Waals surface area contributed by atoms with E-state index in [0.29, 0.717) is 6.61 Å². The standard InChI is InChI=1S/C18H23N3O3S/c1-3-24-14-8-6-13(7-9-14)12(2)20-17(22)11-15(21-18(19)23)16-5-4-10-25-16/h4-10,12,15H,3,11H2,1-2H3,(H,20,22)(H3,19,21,23). The zero-order valence-corrected chi connectivity index (χ0v) is 15.1. The van der Waals surface area contributed by atoms with Gasteiger partial charge in [-0.3, -0.25) is 4.79 Å². The monoisotopic (exact) mass is 361 g/mol. The minimum Gasteiger partial charge on any atom is -0.494 e. The van der Waals surface area contributed by atoms with Gasteiger partial charge in [0.25, 0.3) is 0 Å². The third-order valence-electron chi connectivity index (χ3n) is 3.66. The van der Waals surface area contributed by atoms with Crippen LogP contribution in [0.4, 0.5) is 4.79 Å². The minimum absolute atomic E-state index is 0.130. The normalized spacial score (nSPS) is 12.9. The molecule has 134 valence electrons. The second-order valence-electron chi connectivity index (χ2n) is 5.57. The molecule has 3 amide bonds. The number of nitrogens with one attached hydrogen (secondary N) is 2. The van der Waals surface area contributed by atoms with Gasteiger partial charge in [-0.05, 0) is 43.0 Å². The molecule has 4 N–H and O–H groups in total. The Labute approximate surface area is 151 Å². The predicted octanol–water partition coefficient (Wildman–Crippen LogP) is 3.12. The number of hydrogen-bond acceptors (Lipinski definition) is 4. The molecule has 1 heterocycles. The molecule has 0 saturated carbocycles. The van der Waals surface area contributed by atoms with Crippen molar-refractivity contribution in [3.05, 3.63) is 52.2 Å². The summed E-state index contributed by atoms with van der Waals surface area (Å²) in [4.78, 5) is 24.4. The molecule has 1 aromatic carbocycles. The van der Waals surface area contributed by atoms with Crippen LogP contribution in [-0.4, -0.2) is 18.5 Å². The first-order chi connectivity index (χ1) is 12.0. The lowest BCUT2D eigenvalue weighted by Gasteiger charge is -2.19. The molecule has 0 bridgehead atoms. The molecule has 7 heteroatoms. The number of benzene rings is 1. The Morgan fingerprint density at radius 1 is 1.20 bits per heavy atom. The summed E-state index contributed by atoms with van der Waals surface area (Å²) >= 11 is 1.47. The van der Waals surface area contributed by atoms with Gasteiger partial charge in [-0.2, -0.15) is 0 Å². The number of carbonyl (C=O) groups is 2. The molecule has 0 aliphatic heterocycles. The Hall–Kier alpha value is -2.54. The first kappa shape index (κ1) is 18.8. The molecule has 2 unspecified atom stereocenters. The van der Waals surface area contributed by atoms with Crippen molar-refractivity contribution in [2.75, 3.05) is 6.61 Å². The highest BCUT2D eigenvalue weighted by Gasteiger charge is 2.19. The molecule has 25 heavy (non-hydrogen) atoms. The third-order valence-corrected chi connectivity index (χ3v) is 4.65. The molecular formula is C18H23N3O3S. The number of hydrogen-bond donors (Lipinski definition) is 3. The van der Waals surface area contributed by atoms with E-state index in [4.69, 9.17) is 10.5 Å². The molecule has 6 nitrogen and oxygen atoms in total. The Morgan fingerprint density at radius 3 is 2.48 bits per heavy atom. The fraction of sp³-hybridized carbons (Fsp3) is 0.333. The average Bonchev–Trinajstić information content (AvgIpc) is 3.09. The molecule has 0 aliphatic carbocycles. The van der Waals surface area contributed by atoms with Crippen LogP contribution in [0.1, 0.15) is 42.8 Å². The number of urea groups is 1. The van der Waals surface area contributed by atoms with Crippen molar-refractivity contribution in [2.24, 2.45) is 5.73 Å². The summed E-state index contributed by atoms with van der Waals surface area (Å²) in [5.74, 6) is 0.640. The van der Waals surface area contributed by atoms with E-state index in [1.165, 1.54) is 11.3 Å². The van der Waals surface area contributed by atoms with E-state index in [9.17, 15) is 9.59 Å². The molecular weight excluding hydrogens is 338 g/mol. The Kier molecular flexibility index (Phi) is 6.82. The molecule has 2 atom stereocenters. The Balaban J connectivity index is 1.96. The number of rotatable bonds is 8. The van der Waals surface area contributed by atoms with Crippen molar-refractivity contribution in [1.29, 1.82) is 0 Å². The predicted molar refractivity (Wildman–Crippen MR) is 98.6 cm³/mol. The maximum absolute atomic E-state index is 12.4. The molecule has 1 aromatic heterocycles. The van der Waals surface area contributed by atoms with Gasteiger partial charge in [-0.1, -0.05) is 18.2 Å². The maximum Gasteiger partial charge on any atom is 0.312 e. The molecule has 0 saturated heterocycles. The highest BCUT2D eigenvalue weighted by atomic mass is 32.1. The van der Waals surface area contributed by atoms with E-state index in [1.807, 2.05) is 55.6 Å². The SMILES string of the molecule is CCOc1ccc(C(C)NC(=O)CC(NC(N)=O)c2cccs2)cc1. The number of nitrogens with two attached hydrogens (primary N) is 1. The smallest absolute Gasteiger partial charge is 0.312 e. The summed E-state index contributed by atoms with van der Waals surface area (Å²) in [5.41, 5.74) is 6.20. The van der Waals surface area contributed by atoms with Crippen LogP contribution in [0.2, 0.25) is 0 Å². The van der Waals surface area contributed by atoms with Crippen molar-refractivity contribution >= 4 is 23.3 Å². The molecule has 0 radical (unpaired) electrons. The fourth-order valence-corrected chi connectivity index (χ4v) is 3.25. The summed E-state index contributed by atoms with van der Waals surface area (Å²) < 4.78 is 5.41. The van der Waals surface area contributed by atoms with Crippen molar-refractivity contribution in [3.8, 4) is 5.75 Å². The quantitative estimate of drug-likeness (QED) is 0.674. The van der Waals surface area contributed by atoms with Gasteiger partial charge in [0.2, 0.25) is 5.91 Å². The van der Waals surface area contributed by atoms with E-state index < -0.39 is 12.1 Å². The Morgan fingerprint density at radius 2 is 1.92 bits per heavy atom. The first-order valence-corrected chi connectivity index (χ1v) is 8.99. The van der Waals surface area contributed by atoms with Crippen LogP contribution >= 0.6 is 11.3 Å². The van der Waals surface area contributed by atoms with E-state index in [1.54, 1.807) is 0 Å². The summed E-state index contributed by atoms with van der Waals surface area (Å²) in [6.45, 7) is 4.46. The van der Waals surface area contributed by atoms with Crippen LogP contribution in [0.3, 0.4) is 0 Å². The van der Waals surface area contributed by atoms with Crippen LogP contribution < -0.4 is 21.1 Å². The van der Waals surface area contributed by atoms with Crippen LogP contribution in [0, 0.1) is 0 Å². The lowest BCUT2D eigenvalue weighted by atomic mass is 10.1. The number of amides is 3. The fourth-order valence-electron chi connectivity index (χ4n) is 2.47. The van der Waals surface area contributed by atoms with E-state index in [-0.39, 0.29) is 18.4 Å². The third kappa shape index (κ3) is 5.79. The van der Waals surface area contributed by atoms with Crippen LogP contribution in [-0.2, 0) is 4.79 Å². The molecule has 2 aromatic rings. The summed E-state index contributed by atoms with van der Waals surface area (Å²) in [6.07, 6.45) is 0.130. The average molecular weight is 361 g/mol. The van der Waals surface area contributed by atoms with Gasteiger partial charge in [-0.25, -0.2) is 4.79 Å². The number of carbonyl (C=O) groups excluding carboxylic acids is 2. The van der Waals surface area contributed by atoms with Crippen molar-refractivity contribution in [1.82, 2.24) is 10.6 Å². The zero-order chi connectivity index (χ0) is 18.2. The van der Waals surface area contributed by atoms with Gasteiger partial charge in [0.05, 0.1) is 25.1 Å². The largest absolute Gasteiger partial charge is 0.494 e. The van der Waals surface area contributed by atoms with Gasteiger partial charge >= 0.3 is 6.03 Å². The molecule has 0 fully saturated rings. The van der Waals surface area contributed by atoms with Gasteiger partial charge < -0.3 is 21.1 Å².